The SMILES string of the molecule is CCOC(=O)/C([O-])=C1\Cc2ccccc2C1=O.[K+]. The van der Waals surface area contributed by atoms with E-state index in [1.54, 1.807) is 31.2 Å². The van der Waals surface area contributed by atoms with Crippen LogP contribution in [0.25, 0.3) is 0 Å². The molecule has 5 heteroatoms. The van der Waals surface area contributed by atoms with Crippen LogP contribution >= 0.6 is 0 Å². The molecule has 1 aromatic rings. The van der Waals surface area contributed by atoms with Crippen LogP contribution in [0.5, 0.6) is 0 Å². The molecule has 0 aromatic heterocycles. The number of ether oxygens (including phenoxy) is 1. The van der Waals surface area contributed by atoms with Crippen LogP contribution in [-0.2, 0) is 16.0 Å². The molecule has 1 aliphatic carbocycles. The van der Waals surface area contributed by atoms with Crippen molar-refractivity contribution in [3.05, 3.63) is 46.7 Å². The first-order valence-electron chi connectivity index (χ1n) is 5.35. The number of hydrogen-bond acceptors (Lipinski definition) is 4. The fourth-order valence-corrected chi connectivity index (χ4v) is 1.83. The van der Waals surface area contributed by atoms with Crippen molar-refractivity contribution in [3.8, 4) is 0 Å². The maximum absolute atomic E-state index is 11.9. The summed E-state index contributed by atoms with van der Waals surface area (Å²) in [7, 11) is 0. The third-order valence-electron chi connectivity index (χ3n) is 2.64. The minimum atomic E-state index is -0.955. The monoisotopic (exact) mass is 270 g/mol. The Hall–Kier alpha value is -0.464. The van der Waals surface area contributed by atoms with Gasteiger partial charge in [0.25, 0.3) is 0 Å². The first-order chi connectivity index (χ1) is 8.15. The number of carbonyl (C=O) groups excluding carboxylic acids is 2. The second-order valence-corrected chi connectivity index (χ2v) is 3.69. The second kappa shape index (κ2) is 6.63. The van der Waals surface area contributed by atoms with Gasteiger partial charge in [-0.15, -0.1) is 0 Å². The number of Topliss-reactive ketones (excluding diaryl/α,β-unsaturated/α-hetero) is 1. The molecule has 1 aromatic carbocycles. The quantitative estimate of drug-likeness (QED) is 0.260. The van der Waals surface area contributed by atoms with Crippen LogP contribution in [-0.4, -0.2) is 18.4 Å². The van der Waals surface area contributed by atoms with Crippen LogP contribution in [0.15, 0.2) is 35.6 Å². The van der Waals surface area contributed by atoms with Crippen molar-refractivity contribution in [1.29, 1.82) is 0 Å². The molecule has 2 rings (SSSR count). The summed E-state index contributed by atoms with van der Waals surface area (Å²) in [4.78, 5) is 23.2. The third kappa shape index (κ3) is 2.92. The van der Waals surface area contributed by atoms with Gasteiger partial charge in [-0.25, -0.2) is 4.79 Å². The number of carbonyl (C=O) groups is 2. The first-order valence-corrected chi connectivity index (χ1v) is 5.35. The molecule has 0 radical (unpaired) electrons. The number of esters is 1. The Kier molecular flexibility index (Phi) is 5.74. The standard InChI is InChI=1S/C13H12O4.K/c1-2-17-13(16)12(15)10-7-8-5-3-4-6-9(8)11(10)14;/h3-6,15H,2,7H2,1H3;/q;+1/p-1/b12-10-;. The minimum Gasteiger partial charge on any atom is -0.867 e. The van der Waals surface area contributed by atoms with Gasteiger partial charge in [-0.1, -0.05) is 24.3 Å². The number of ketones is 1. The predicted octanol–water partition coefficient (Wildman–Crippen LogP) is -2.39. The van der Waals surface area contributed by atoms with Gasteiger partial charge in [0, 0.05) is 17.6 Å². The molecule has 0 aliphatic heterocycles. The molecule has 0 fully saturated rings. The Balaban J connectivity index is 0.00000162. The molecule has 4 nitrogen and oxygen atoms in total. The van der Waals surface area contributed by atoms with E-state index in [1.165, 1.54) is 0 Å². The van der Waals surface area contributed by atoms with E-state index in [-0.39, 0.29) is 75.8 Å². The molecule has 0 amide bonds. The van der Waals surface area contributed by atoms with Gasteiger partial charge in [0.15, 0.2) is 5.78 Å². The normalized spacial score (nSPS) is 15.7. The zero-order chi connectivity index (χ0) is 12.4. The molecule has 88 valence electrons. The van der Waals surface area contributed by atoms with Gasteiger partial charge in [0.1, 0.15) is 0 Å². The van der Waals surface area contributed by atoms with E-state index in [4.69, 9.17) is 0 Å². The topological polar surface area (TPSA) is 66.4 Å². The van der Waals surface area contributed by atoms with Gasteiger partial charge in [-0.3, -0.25) is 4.79 Å². The second-order valence-electron chi connectivity index (χ2n) is 3.69. The summed E-state index contributed by atoms with van der Waals surface area (Å²) in [5.74, 6) is -2.14. The summed E-state index contributed by atoms with van der Waals surface area (Å²) >= 11 is 0. The van der Waals surface area contributed by atoms with Crippen LogP contribution in [0.1, 0.15) is 22.8 Å². The van der Waals surface area contributed by atoms with Gasteiger partial charge in [0.2, 0.25) is 0 Å². The Labute approximate surface area is 147 Å². The van der Waals surface area contributed by atoms with Gasteiger partial charge in [-0.05, 0) is 18.2 Å². The fourth-order valence-electron chi connectivity index (χ4n) is 1.83. The van der Waals surface area contributed by atoms with E-state index in [2.05, 4.69) is 4.74 Å². The predicted molar refractivity (Wildman–Crippen MR) is 58.1 cm³/mol. The van der Waals surface area contributed by atoms with Crippen LogP contribution in [0.2, 0.25) is 0 Å². The smallest absolute Gasteiger partial charge is 0.867 e. The molecular weight excluding hydrogens is 259 g/mol. The van der Waals surface area contributed by atoms with Crippen molar-refractivity contribution in [2.24, 2.45) is 0 Å². The summed E-state index contributed by atoms with van der Waals surface area (Å²) < 4.78 is 4.60. The minimum absolute atomic E-state index is 0. The fraction of sp³-hybridized carbons (Fsp3) is 0.231. The molecule has 0 heterocycles. The Bertz CT molecular complexity index is 519. The van der Waals surface area contributed by atoms with Crippen LogP contribution < -0.4 is 56.5 Å². The van der Waals surface area contributed by atoms with E-state index in [0.29, 0.717) is 5.56 Å². The third-order valence-corrected chi connectivity index (χ3v) is 2.64. The molecule has 0 saturated heterocycles. The molecule has 0 bridgehead atoms. The Morgan fingerprint density at radius 2 is 2.06 bits per heavy atom. The maximum Gasteiger partial charge on any atom is 1.00 e. The summed E-state index contributed by atoms with van der Waals surface area (Å²) in [6, 6.07) is 6.96. The summed E-state index contributed by atoms with van der Waals surface area (Å²) in [5, 5.41) is 11.7. The zero-order valence-corrected chi connectivity index (χ0v) is 13.5. The van der Waals surface area contributed by atoms with Gasteiger partial charge < -0.3 is 9.84 Å². The molecule has 1 aliphatic rings. The van der Waals surface area contributed by atoms with Crippen molar-refractivity contribution in [2.45, 2.75) is 13.3 Å². The van der Waals surface area contributed by atoms with E-state index < -0.39 is 11.7 Å². The van der Waals surface area contributed by atoms with Crippen molar-refractivity contribution in [2.75, 3.05) is 6.61 Å². The molecular formula is C13H11KO4. The van der Waals surface area contributed by atoms with Crippen molar-refractivity contribution >= 4 is 11.8 Å². The van der Waals surface area contributed by atoms with E-state index in [9.17, 15) is 14.7 Å². The Morgan fingerprint density at radius 1 is 1.39 bits per heavy atom. The van der Waals surface area contributed by atoms with E-state index in [0.717, 1.165) is 5.56 Å². The molecule has 0 unspecified atom stereocenters. The summed E-state index contributed by atoms with van der Waals surface area (Å²) in [6.07, 6.45) is 0.215. The number of rotatable bonds is 2. The number of fused-ring (bicyclic) bond motifs is 1. The molecule has 0 N–H and O–H groups in total. The molecule has 0 spiro atoms. The number of hydrogen-bond donors (Lipinski definition) is 0. The van der Waals surface area contributed by atoms with Crippen LogP contribution in [0.3, 0.4) is 0 Å². The van der Waals surface area contributed by atoms with Gasteiger partial charge in [0.05, 0.1) is 6.61 Å². The van der Waals surface area contributed by atoms with Gasteiger partial charge >= 0.3 is 57.4 Å². The average Bonchev–Trinajstić information content (AvgIpc) is 2.67. The van der Waals surface area contributed by atoms with Crippen molar-refractivity contribution in [1.82, 2.24) is 0 Å². The summed E-state index contributed by atoms with van der Waals surface area (Å²) in [6.45, 7) is 1.74. The molecule has 0 saturated carbocycles. The van der Waals surface area contributed by atoms with Crippen LogP contribution in [0.4, 0.5) is 0 Å². The van der Waals surface area contributed by atoms with Crippen molar-refractivity contribution in [3.63, 3.8) is 0 Å². The maximum atomic E-state index is 11.9. The zero-order valence-electron chi connectivity index (χ0n) is 10.4. The number of benzene rings is 1. The van der Waals surface area contributed by atoms with Crippen molar-refractivity contribution < 1.29 is 70.8 Å². The average molecular weight is 270 g/mol. The van der Waals surface area contributed by atoms with Gasteiger partial charge in [-0.2, -0.15) is 0 Å². The van der Waals surface area contributed by atoms with E-state index in [1.807, 2.05) is 0 Å². The largest absolute Gasteiger partial charge is 1.00 e. The number of allylic oxidation sites excluding steroid dienone is 1. The Morgan fingerprint density at radius 3 is 2.67 bits per heavy atom. The van der Waals surface area contributed by atoms with E-state index >= 15 is 0 Å². The first kappa shape index (κ1) is 15.6. The molecule has 18 heavy (non-hydrogen) atoms. The summed E-state index contributed by atoms with van der Waals surface area (Å²) in [5.41, 5.74) is 1.29. The van der Waals surface area contributed by atoms with Crippen LogP contribution in [0, 0.1) is 0 Å². The molecule has 0 atom stereocenters.